The molecule has 16 heavy (non-hydrogen) atoms. The number of benzene rings is 1. The minimum absolute atomic E-state index is 0.0460. The molecule has 1 aromatic carbocycles. The Hall–Kier alpha value is -1.00. The van der Waals surface area contributed by atoms with Crippen molar-refractivity contribution in [3.63, 3.8) is 0 Å². The van der Waals surface area contributed by atoms with Gasteiger partial charge in [-0.1, -0.05) is 11.6 Å². The molecule has 0 unspecified atom stereocenters. The van der Waals surface area contributed by atoms with Crippen LogP contribution in [-0.2, 0) is 6.42 Å². The molecule has 0 aromatic heterocycles. The van der Waals surface area contributed by atoms with Crippen molar-refractivity contribution < 1.29 is 14.2 Å². The zero-order chi connectivity index (χ0) is 12.1. The highest BCUT2D eigenvalue weighted by atomic mass is 35.5. The molecule has 0 amide bonds. The molecule has 0 aliphatic carbocycles. The normalized spacial score (nSPS) is 10.5. The first-order valence-corrected chi connectivity index (χ1v) is 5.43. The van der Waals surface area contributed by atoms with Gasteiger partial charge in [0.1, 0.15) is 5.82 Å². The van der Waals surface area contributed by atoms with E-state index in [2.05, 4.69) is 0 Å². The molecule has 1 aromatic rings. The van der Waals surface area contributed by atoms with Crippen molar-refractivity contribution in [3.05, 3.63) is 22.5 Å². The summed E-state index contributed by atoms with van der Waals surface area (Å²) in [5.74, 6) is -0.574. The third kappa shape index (κ3) is 2.77. The second-order valence-corrected chi connectivity index (χ2v) is 3.83. The van der Waals surface area contributed by atoms with E-state index in [0.29, 0.717) is 18.5 Å². The van der Waals surface area contributed by atoms with Gasteiger partial charge in [-0.05, 0) is 25.8 Å². The Balaban J connectivity index is 3.00. The van der Waals surface area contributed by atoms with E-state index >= 15 is 0 Å². The van der Waals surface area contributed by atoms with Gasteiger partial charge in [0.2, 0.25) is 0 Å². The number of unbranched alkanes of at least 4 members (excludes halogenated alkanes) is 1. The van der Waals surface area contributed by atoms with Gasteiger partial charge in [0.05, 0.1) is 12.1 Å². The molecule has 3 nitrogen and oxygen atoms in total. The molecule has 0 spiro atoms. The summed E-state index contributed by atoms with van der Waals surface area (Å²) in [6.07, 6.45) is 2.03. The topological polar surface area (TPSA) is 55.5 Å². The summed E-state index contributed by atoms with van der Waals surface area (Å²) in [5.41, 5.74) is 5.74. The number of hydrogen-bond donors (Lipinski definition) is 2. The van der Waals surface area contributed by atoms with Gasteiger partial charge in [0.15, 0.2) is 11.5 Å². The van der Waals surface area contributed by atoms with Gasteiger partial charge >= 0.3 is 0 Å². The van der Waals surface area contributed by atoms with Crippen LogP contribution in [-0.4, -0.2) is 18.8 Å². The van der Waals surface area contributed by atoms with Gasteiger partial charge in [-0.2, -0.15) is 0 Å². The summed E-state index contributed by atoms with van der Waals surface area (Å²) in [5, 5.41) is 9.74. The highest BCUT2D eigenvalue weighted by Crippen LogP contribution is 2.37. The summed E-state index contributed by atoms with van der Waals surface area (Å²) >= 11 is 5.78. The van der Waals surface area contributed by atoms with Crippen LogP contribution in [0.5, 0.6) is 11.5 Å². The monoisotopic (exact) mass is 247 g/mol. The van der Waals surface area contributed by atoms with Crippen molar-refractivity contribution in [2.45, 2.75) is 19.3 Å². The molecule has 0 fully saturated rings. The van der Waals surface area contributed by atoms with E-state index in [1.165, 1.54) is 7.11 Å². The summed E-state index contributed by atoms with van der Waals surface area (Å²) in [6.45, 7) is 0.560. The number of phenols is 1. The average Bonchev–Trinajstić information content (AvgIpc) is 2.28. The van der Waals surface area contributed by atoms with E-state index in [4.69, 9.17) is 22.1 Å². The highest BCUT2D eigenvalue weighted by Gasteiger charge is 2.16. The van der Waals surface area contributed by atoms with E-state index in [-0.39, 0.29) is 16.5 Å². The Kier molecular flexibility index (Phi) is 4.83. The van der Waals surface area contributed by atoms with Crippen LogP contribution in [0.3, 0.4) is 0 Å². The molecule has 0 atom stereocenters. The molecule has 90 valence electrons. The molecule has 0 saturated heterocycles. The maximum Gasteiger partial charge on any atom is 0.163 e. The fraction of sp³-hybridized carbons (Fsp3) is 0.455. The predicted octanol–water partition coefficient (Wildman–Crippen LogP) is 2.47. The van der Waals surface area contributed by atoms with Gasteiger partial charge in [0.25, 0.3) is 0 Å². The maximum absolute atomic E-state index is 13.4. The Labute approximate surface area is 99.0 Å². The molecule has 0 aliphatic heterocycles. The number of rotatable bonds is 5. The fourth-order valence-electron chi connectivity index (χ4n) is 1.47. The standard InChI is InChI=1S/C11H15ClFNO2/c1-16-9-6-8(13)10(12)7(11(9)15)4-2-3-5-14/h6,15H,2-5,14H2,1H3. The lowest BCUT2D eigenvalue weighted by atomic mass is 10.1. The summed E-state index contributed by atoms with van der Waals surface area (Å²) in [7, 11) is 1.37. The van der Waals surface area contributed by atoms with Gasteiger partial charge in [-0.3, -0.25) is 0 Å². The third-order valence-corrected chi connectivity index (χ3v) is 2.76. The van der Waals surface area contributed by atoms with Crippen molar-refractivity contribution in [2.75, 3.05) is 13.7 Å². The number of halogens is 2. The first kappa shape index (κ1) is 13.1. The Morgan fingerprint density at radius 2 is 2.19 bits per heavy atom. The summed E-state index contributed by atoms with van der Waals surface area (Å²) in [4.78, 5) is 0. The quantitative estimate of drug-likeness (QED) is 0.786. The molecule has 0 heterocycles. The summed E-state index contributed by atoms with van der Waals surface area (Å²) < 4.78 is 18.2. The van der Waals surface area contributed by atoms with Crippen LogP contribution >= 0.6 is 11.6 Å². The molecular weight excluding hydrogens is 233 g/mol. The first-order chi connectivity index (χ1) is 7.61. The zero-order valence-electron chi connectivity index (χ0n) is 9.09. The fourth-order valence-corrected chi connectivity index (χ4v) is 1.71. The van der Waals surface area contributed by atoms with Crippen LogP contribution in [0.2, 0.25) is 5.02 Å². The number of aromatic hydroxyl groups is 1. The molecule has 0 saturated carbocycles. The predicted molar refractivity (Wildman–Crippen MR) is 61.6 cm³/mol. The number of hydrogen-bond acceptors (Lipinski definition) is 3. The highest BCUT2D eigenvalue weighted by molar-refractivity contribution is 6.31. The molecule has 3 N–H and O–H groups in total. The van der Waals surface area contributed by atoms with Gasteiger partial charge in [-0.15, -0.1) is 0 Å². The molecule has 0 aliphatic rings. The maximum atomic E-state index is 13.4. The molecular formula is C11H15ClFNO2. The third-order valence-electron chi connectivity index (χ3n) is 2.35. The van der Waals surface area contributed by atoms with Crippen LogP contribution < -0.4 is 10.5 Å². The van der Waals surface area contributed by atoms with E-state index in [0.717, 1.165) is 18.9 Å². The lowest BCUT2D eigenvalue weighted by Crippen LogP contribution is -2.00. The Morgan fingerprint density at radius 3 is 2.75 bits per heavy atom. The van der Waals surface area contributed by atoms with Crippen molar-refractivity contribution in [2.24, 2.45) is 5.73 Å². The number of nitrogens with two attached hydrogens (primary N) is 1. The van der Waals surface area contributed by atoms with Crippen molar-refractivity contribution >= 4 is 11.6 Å². The van der Waals surface area contributed by atoms with Crippen LogP contribution in [0.4, 0.5) is 4.39 Å². The second kappa shape index (κ2) is 5.92. The van der Waals surface area contributed by atoms with Crippen LogP contribution in [0, 0.1) is 5.82 Å². The molecule has 0 radical (unpaired) electrons. The second-order valence-electron chi connectivity index (χ2n) is 3.45. The number of methoxy groups -OCH3 is 1. The van der Waals surface area contributed by atoms with Gasteiger partial charge in [-0.25, -0.2) is 4.39 Å². The Morgan fingerprint density at radius 1 is 1.50 bits per heavy atom. The Bertz CT molecular complexity index is 371. The lowest BCUT2D eigenvalue weighted by molar-refractivity contribution is 0.367. The molecule has 5 heteroatoms. The van der Waals surface area contributed by atoms with E-state index in [1.54, 1.807) is 0 Å². The lowest BCUT2D eigenvalue weighted by Gasteiger charge is -2.11. The minimum atomic E-state index is -0.584. The average molecular weight is 248 g/mol. The van der Waals surface area contributed by atoms with E-state index in [9.17, 15) is 9.50 Å². The van der Waals surface area contributed by atoms with Crippen LogP contribution in [0.25, 0.3) is 0 Å². The largest absolute Gasteiger partial charge is 0.504 e. The van der Waals surface area contributed by atoms with Crippen LogP contribution in [0.15, 0.2) is 6.07 Å². The SMILES string of the molecule is COc1cc(F)c(Cl)c(CCCCN)c1O. The van der Waals surface area contributed by atoms with Gasteiger partial charge in [0, 0.05) is 11.6 Å². The minimum Gasteiger partial charge on any atom is -0.504 e. The number of ether oxygens (including phenoxy) is 1. The van der Waals surface area contributed by atoms with E-state index in [1.807, 2.05) is 0 Å². The van der Waals surface area contributed by atoms with Crippen molar-refractivity contribution in [3.8, 4) is 11.5 Å². The van der Waals surface area contributed by atoms with Crippen molar-refractivity contribution in [1.82, 2.24) is 0 Å². The first-order valence-electron chi connectivity index (χ1n) is 5.05. The van der Waals surface area contributed by atoms with Gasteiger partial charge < -0.3 is 15.6 Å². The zero-order valence-corrected chi connectivity index (χ0v) is 9.85. The van der Waals surface area contributed by atoms with E-state index < -0.39 is 5.82 Å². The molecule has 0 bridgehead atoms. The van der Waals surface area contributed by atoms with Crippen molar-refractivity contribution in [1.29, 1.82) is 0 Å². The summed E-state index contributed by atoms with van der Waals surface area (Å²) in [6, 6.07) is 1.07. The smallest absolute Gasteiger partial charge is 0.163 e. The number of phenolic OH excluding ortho intramolecular Hbond substituents is 1. The molecule has 1 rings (SSSR count). The van der Waals surface area contributed by atoms with Crippen LogP contribution in [0.1, 0.15) is 18.4 Å².